The molecular weight excluding hydrogens is 132 g/mol. The molecule has 2 nitrogen and oxygen atoms in total. The van der Waals surface area contributed by atoms with Gasteiger partial charge < -0.3 is 0 Å². The second kappa shape index (κ2) is 3.00. The van der Waals surface area contributed by atoms with Crippen molar-refractivity contribution in [2.45, 2.75) is 0 Å². The summed E-state index contributed by atoms with van der Waals surface area (Å²) in [6.45, 7) is 0. The molecule has 0 spiro atoms. The maximum atomic E-state index is 8.10. The van der Waals surface area contributed by atoms with Crippen LogP contribution in [0.25, 0.3) is 6.08 Å². The van der Waals surface area contributed by atoms with E-state index in [9.17, 15) is 0 Å². The van der Waals surface area contributed by atoms with Gasteiger partial charge in [-0.05, 0) is 6.08 Å². The number of allylic oxidation sites excluding steroid dienone is 1. The van der Waals surface area contributed by atoms with Gasteiger partial charge in [-0.1, -0.05) is 0 Å². The molecule has 0 atom stereocenters. The Hall–Kier alpha value is -1.14. The third-order valence-electron chi connectivity index (χ3n) is 0.780. The second-order valence-electron chi connectivity index (χ2n) is 1.38. The number of thiazole rings is 1. The molecule has 3 heteroatoms. The molecule has 0 radical (unpaired) electrons. The fourth-order valence-electron chi connectivity index (χ4n) is 0.427. The summed E-state index contributed by atoms with van der Waals surface area (Å²) in [5.74, 6) is 0. The van der Waals surface area contributed by atoms with Crippen molar-refractivity contribution in [3.05, 3.63) is 22.7 Å². The van der Waals surface area contributed by atoms with Crippen molar-refractivity contribution in [2.24, 2.45) is 0 Å². The van der Waals surface area contributed by atoms with Gasteiger partial charge in [0.05, 0.1) is 17.3 Å². The zero-order chi connectivity index (χ0) is 6.53. The van der Waals surface area contributed by atoms with E-state index in [4.69, 9.17) is 5.26 Å². The van der Waals surface area contributed by atoms with Gasteiger partial charge in [0.25, 0.3) is 0 Å². The Labute approximate surface area is 57.1 Å². The average molecular weight is 136 g/mol. The van der Waals surface area contributed by atoms with Crippen molar-refractivity contribution < 1.29 is 0 Å². The number of hydrogen-bond donors (Lipinski definition) is 0. The second-order valence-corrected chi connectivity index (χ2v) is 2.09. The zero-order valence-corrected chi connectivity index (χ0v) is 5.43. The van der Waals surface area contributed by atoms with E-state index < -0.39 is 0 Å². The Morgan fingerprint density at radius 2 is 2.67 bits per heavy atom. The van der Waals surface area contributed by atoms with Crippen LogP contribution in [-0.2, 0) is 0 Å². The SMILES string of the molecule is N#C/C=C/c1cscn1. The zero-order valence-electron chi connectivity index (χ0n) is 4.61. The molecule has 0 aliphatic carbocycles. The van der Waals surface area contributed by atoms with Crippen LogP contribution in [0.5, 0.6) is 0 Å². The molecule has 9 heavy (non-hydrogen) atoms. The minimum atomic E-state index is 0.849. The Bertz CT molecular complexity index is 230. The van der Waals surface area contributed by atoms with Gasteiger partial charge in [0, 0.05) is 11.5 Å². The van der Waals surface area contributed by atoms with Crippen molar-refractivity contribution >= 4 is 17.4 Å². The summed E-state index contributed by atoms with van der Waals surface area (Å²) in [6, 6.07) is 1.89. The van der Waals surface area contributed by atoms with E-state index in [-0.39, 0.29) is 0 Å². The molecule has 1 aromatic heterocycles. The number of hydrogen-bond acceptors (Lipinski definition) is 3. The van der Waals surface area contributed by atoms with Crippen molar-refractivity contribution in [1.82, 2.24) is 4.98 Å². The number of aromatic nitrogens is 1. The normalized spacial score (nSPS) is 9.67. The van der Waals surface area contributed by atoms with E-state index in [0.29, 0.717) is 0 Å². The molecule has 0 amide bonds. The Balaban J connectivity index is 2.71. The summed E-state index contributed by atoms with van der Waals surface area (Å²) in [7, 11) is 0. The van der Waals surface area contributed by atoms with Crippen LogP contribution in [0, 0.1) is 11.3 Å². The van der Waals surface area contributed by atoms with E-state index in [1.54, 1.807) is 11.6 Å². The summed E-state index contributed by atoms with van der Waals surface area (Å²) >= 11 is 1.52. The molecule has 0 fully saturated rings. The van der Waals surface area contributed by atoms with E-state index in [0.717, 1.165) is 5.69 Å². The molecule has 0 N–H and O–H groups in total. The van der Waals surface area contributed by atoms with Gasteiger partial charge in [-0.2, -0.15) is 5.26 Å². The highest BCUT2D eigenvalue weighted by molar-refractivity contribution is 7.07. The van der Waals surface area contributed by atoms with E-state index in [1.807, 2.05) is 11.4 Å². The molecule has 0 saturated heterocycles. The van der Waals surface area contributed by atoms with Crippen LogP contribution in [-0.4, -0.2) is 4.98 Å². The van der Waals surface area contributed by atoms with E-state index in [1.165, 1.54) is 17.4 Å². The summed E-state index contributed by atoms with van der Waals surface area (Å²) in [6.07, 6.45) is 3.09. The van der Waals surface area contributed by atoms with Crippen LogP contribution in [0.2, 0.25) is 0 Å². The molecule has 0 aromatic carbocycles. The van der Waals surface area contributed by atoms with Crippen LogP contribution in [0.15, 0.2) is 17.0 Å². The summed E-state index contributed by atoms with van der Waals surface area (Å²) in [5, 5.41) is 9.99. The fraction of sp³-hybridized carbons (Fsp3) is 0. The molecule has 1 aromatic rings. The fourth-order valence-corrected chi connectivity index (χ4v) is 0.949. The molecule has 0 unspecified atom stereocenters. The highest BCUT2D eigenvalue weighted by Gasteiger charge is 1.83. The predicted octanol–water partition coefficient (Wildman–Crippen LogP) is 1.68. The first-order chi connectivity index (χ1) is 4.43. The molecule has 44 valence electrons. The Kier molecular flexibility index (Phi) is 2.00. The first-order valence-corrected chi connectivity index (χ1v) is 3.32. The third kappa shape index (κ3) is 1.67. The lowest BCUT2D eigenvalue weighted by atomic mass is 10.4. The average Bonchev–Trinajstić information content (AvgIpc) is 2.34. The van der Waals surface area contributed by atoms with Crippen LogP contribution in [0.1, 0.15) is 5.69 Å². The third-order valence-corrected chi connectivity index (χ3v) is 1.38. The lowest BCUT2D eigenvalue weighted by Crippen LogP contribution is -1.64. The standard InChI is InChI=1S/C6H4N2S/c7-3-1-2-6-4-9-5-8-6/h1-2,4-5H/b2-1+. The maximum Gasteiger partial charge on any atom is 0.0912 e. The van der Waals surface area contributed by atoms with Crippen LogP contribution >= 0.6 is 11.3 Å². The van der Waals surface area contributed by atoms with E-state index in [2.05, 4.69) is 4.98 Å². The number of nitriles is 1. The highest BCUT2D eigenvalue weighted by atomic mass is 32.1. The van der Waals surface area contributed by atoms with Gasteiger partial charge in [0.2, 0.25) is 0 Å². The van der Waals surface area contributed by atoms with Crippen LogP contribution < -0.4 is 0 Å². The number of nitrogens with zero attached hydrogens (tertiary/aromatic N) is 2. The molecule has 0 aliphatic heterocycles. The van der Waals surface area contributed by atoms with Gasteiger partial charge in [0.15, 0.2) is 0 Å². The van der Waals surface area contributed by atoms with Crippen molar-refractivity contribution in [3.63, 3.8) is 0 Å². The minimum absolute atomic E-state index is 0.849. The van der Waals surface area contributed by atoms with Gasteiger partial charge in [-0.25, -0.2) is 4.98 Å². The number of rotatable bonds is 1. The predicted molar refractivity (Wildman–Crippen MR) is 36.8 cm³/mol. The Morgan fingerprint density at radius 1 is 1.78 bits per heavy atom. The molecular formula is C6H4N2S. The van der Waals surface area contributed by atoms with Gasteiger partial charge in [0.1, 0.15) is 0 Å². The topological polar surface area (TPSA) is 36.7 Å². The summed E-state index contributed by atoms with van der Waals surface area (Å²) in [4.78, 5) is 3.93. The lowest BCUT2D eigenvalue weighted by Gasteiger charge is -1.72. The summed E-state index contributed by atoms with van der Waals surface area (Å²) in [5.41, 5.74) is 2.58. The molecule has 0 saturated carbocycles. The van der Waals surface area contributed by atoms with Gasteiger partial charge >= 0.3 is 0 Å². The van der Waals surface area contributed by atoms with Crippen molar-refractivity contribution in [1.29, 1.82) is 5.26 Å². The largest absolute Gasteiger partial charge is 0.245 e. The maximum absolute atomic E-state index is 8.10. The molecule has 1 rings (SSSR count). The Morgan fingerprint density at radius 3 is 3.22 bits per heavy atom. The first kappa shape index (κ1) is 5.99. The highest BCUT2D eigenvalue weighted by Crippen LogP contribution is 2.01. The molecule has 1 heterocycles. The van der Waals surface area contributed by atoms with Gasteiger partial charge in [-0.3, -0.25) is 0 Å². The lowest BCUT2D eigenvalue weighted by molar-refractivity contribution is 1.38. The van der Waals surface area contributed by atoms with Crippen LogP contribution in [0.3, 0.4) is 0 Å². The van der Waals surface area contributed by atoms with E-state index >= 15 is 0 Å². The molecule has 0 aliphatic rings. The summed E-state index contributed by atoms with van der Waals surface area (Å²) < 4.78 is 0. The van der Waals surface area contributed by atoms with Crippen molar-refractivity contribution in [2.75, 3.05) is 0 Å². The van der Waals surface area contributed by atoms with Crippen molar-refractivity contribution in [3.8, 4) is 6.07 Å². The monoisotopic (exact) mass is 136 g/mol. The van der Waals surface area contributed by atoms with Crippen LogP contribution in [0.4, 0.5) is 0 Å². The quantitative estimate of drug-likeness (QED) is 0.551. The van der Waals surface area contributed by atoms with Gasteiger partial charge in [-0.15, -0.1) is 11.3 Å². The first-order valence-electron chi connectivity index (χ1n) is 2.38. The smallest absolute Gasteiger partial charge is 0.0912 e. The minimum Gasteiger partial charge on any atom is -0.245 e. The molecule has 0 bridgehead atoms.